The molecule has 1 aliphatic carbocycles. The van der Waals surface area contributed by atoms with Crippen LogP contribution in [0.2, 0.25) is 0 Å². The second-order valence-electron chi connectivity index (χ2n) is 9.49. The zero-order valence-corrected chi connectivity index (χ0v) is 19.9. The number of quaternary nitrogens is 1. The van der Waals surface area contributed by atoms with Gasteiger partial charge in [0.25, 0.3) is 0 Å². The van der Waals surface area contributed by atoms with Gasteiger partial charge in [-0.25, -0.2) is 5.21 Å². The third-order valence-corrected chi connectivity index (χ3v) is 6.78. The van der Waals surface area contributed by atoms with Gasteiger partial charge in [0, 0.05) is 49.6 Å². The Morgan fingerprint density at radius 3 is 2.68 bits per heavy atom. The molecule has 1 aliphatic rings. The Labute approximate surface area is 200 Å². The standard InChI is InChI=1S/C26H33N5O3/c1-17(2)24-12-21(18(3)11-22(24)16-28-15-19-5-4-10-27-14-19)13-25-29-30-26(34-25)20-6-8-23(9-7-20)31(32)33/h4-11,14,17,21-22,24,28,31-32H,12-13,15-16H2,1-3H3. The molecule has 0 amide bonds. The molecule has 4 unspecified atom stereocenters. The molecule has 0 saturated carbocycles. The fraction of sp³-hybridized carbons (Fsp3) is 0.423. The summed E-state index contributed by atoms with van der Waals surface area (Å²) in [5, 5.41) is 31.3. The van der Waals surface area contributed by atoms with Gasteiger partial charge in [-0.05, 0) is 60.8 Å². The molecule has 0 saturated heterocycles. The Kier molecular flexibility index (Phi) is 7.84. The van der Waals surface area contributed by atoms with Crippen molar-refractivity contribution in [2.75, 3.05) is 6.54 Å². The van der Waals surface area contributed by atoms with Gasteiger partial charge in [-0.2, -0.15) is 5.23 Å². The van der Waals surface area contributed by atoms with Crippen LogP contribution in [-0.2, 0) is 13.0 Å². The van der Waals surface area contributed by atoms with Gasteiger partial charge in [-0.1, -0.05) is 31.6 Å². The molecule has 3 aromatic rings. The predicted molar refractivity (Wildman–Crippen MR) is 129 cm³/mol. The first kappa shape index (κ1) is 24.2. The van der Waals surface area contributed by atoms with Crippen LogP contribution >= 0.6 is 0 Å². The number of pyridine rings is 1. The van der Waals surface area contributed by atoms with E-state index in [1.807, 2.05) is 12.3 Å². The zero-order valence-electron chi connectivity index (χ0n) is 19.9. The second kappa shape index (κ2) is 11.0. The van der Waals surface area contributed by atoms with E-state index in [1.165, 1.54) is 11.1 Å². The molecule has 4 atom stereocenters. The molecule has 1 aromatic carbocycles. The number of aromatic nitrogens is 3. The highest BCUT2D eigenvalue weighted by Gasteiger charge is 2.32. The second-order valence-corrected chi connectivity index (χ2v) is 9.49. The first-order valence-electron chi connectivity index (χ1n) is 11.8. The summed E-state index contributed by atoms with van der Waals surface area (Å²) in [7, 11) is 0. The van der Waals surface area contributed by atoms with Crippen LogP contribution in [-0.4, -0.2) is 26.9 Å². The lowest BCUT2D eigenvalue weighted by Crippen LogP contribution is -2.99. The zero-order chi connectivity index (χ0) is 24.1. The first-order chi connectivity index (χ1) is 16.4. The first-order valence-corrected chi connectivity index (χ1v) is 11.8. The van der Waals surface area contributed by atoms with E-state index < -0.39 is 5.23 Å². The van der Waals surface area contributed by atoms with Crippen LogP contribution in [0.15, 0.2) is 64.9 Å². The third-order valence-electron chi connectivity index (χ3n) is 6.78. The van der Waals surface area contributed by atoms with Gasteiger partial charge in [0.15, 0.2) is 5.69 Å². The van der Waals surface area contributed by atoms with Crippen LogP contribution in [0.4, 0.5) is 5.69 Å². The molecule has 34 heavy (non-hydrogen) atoms. The van der Waals surface area contributed by atoms with Crippen molar-refractivity contribution in [3.05, 3.63) is 77.1 Å². The number of benzene rings is 1. The van der Waals surface area contributed by atoms with Crippen LogP contribution in [0.1, 0.15) is 38.6 Å². The summed E-state index contributed by atoms with van der Waals surface area (Å²) in [4.78, 5) is 4.19. The number of hydrogen-bond acceptors (Lipinski definition) is 7. The maximum atomic E-state index is 11.1. The summed E-state index contributed by atoms with van der Waals surface area (Å²) in [5.41, 5.74) is 3.52. The lowest BCUT2D eigenvalue weighted by Gasteiger charge is -2.37. The minimum absolute atomic E-state index is 0.232. The fourth-order valence-corrected chi connectivity index (χ4v) is 4.81. The maximum Gasteiger partial charge on any atom is 0.247 e. The van der Waals surface area contributed by atoms with Crippen LogP contribution in [0.25, 0.3) is 11.5 Å². The number of allylic oxidation sites excluding steroid dienone is 1. The minimum atomic E-state index is -0.956. The molecule has 2 aromatic heterocycles. The molecule has 0 aliphatic heterocycles. The van der Waals surface area contributed by atoms with Crippen molar-refractivity contribution in [1.82, 2.24) is 20.5 Å². The summed E-state index contributed by atoms with van der Waals surface area (Å²) in [6.07, 6.45) is 7.93. The van der Waals surface area contributed by atoms with Crippen molar-refractivity contribution in [2.45, 2.75) is 40.2 Å². The summed E-state index contributed by atoms with van der Waals surface area (Å²) < 4.78 is 5.94. The summed E-state index contributed by atoms with van der Waals surface area (Å²) in [5.74, 6) is 3.03. The molecule has 2 heterocycles. The fourth-order valence-electron chi connectivity index (χ4n) is 4.81. The highest BCUT2D eigenvalue weighted by Crippen LogP contribution is 2.38. The highest BCUT2D eigenvalue weighted by atomic mass is 16.8. The van der Waals surface area contributed by atoms with E-state index in [1.54, 1.807) is 30.5 Å². The molecule has 0 fully saturated rings. The SMILES string of the molecule is CC1=CC(CNCc2cccnc2)C(C(C)C)CC1Cc1nnc(-c2ccc([NH+]([O-])O)cc2)o1. The Hall–Kier alpha value is -2.91. The normalized spacial score (nSPS) is 21.5. The topological polar surface area (TPSA) is 112 Å². The van der Waals surface area contributed by atoms with Crippen LogP contribution < -0.4 is 10.5 Å². The van der Waals surface area contributed by atoms with Crippen LogP contribution in [0.5, 0.6) is 0 Å². The third kappa shape index (κ3) is 5.95. The van der Waals surface area contributed by atoms with E-state index in [9.17, 15) is 5.21 Å². The van der Waals surface area contributed by atoms with Crippen molar-refractivity contribution in [1.29, 1.82) is 0 Å². The molecule has 3 N–H and O–H groups in total. The Morgan fingerprint density at radius 2 is 2.00 bits per heavy atom. The van der Waals surface area contributed by atoms with E-state index in [0.717, 1.165) is 25.1 Å². The van der Waals surface area contributed by atoms with E-state index in [-0.39, 0.29) is 5.69 Å². The summed E-state index contributed by atoms with van der Waals surface area (Å²) in [6, 6.07) is 10.6. The van der Waals surface area contributed by atoms with Crippen molar-refractivity contribution in [3.63, 3.8) is 0 Å². The number of nitrogens with one attached hydrogen (secondary N) is 2. The number of hydrogen-bond donors (Lipinski definition) is 3. The van der Waals surface area contributed by atoms with Crippen molar-refractivity contribution in [2.24, 2.45) is 23.7 Å². The molecule has 8 nitrogen and oxygen atoms in total. The number of nitrogens with zero attached hydrogens (tertiary/aromatic N) is 3. The summed E-state index contributed by atoms with van der Waals surface area (Å²) in [6.45, 7) is 8.58. The lowest BCUT2D eigenvalue weighted by molar-refractivity contribution is -0.991. The Morgan fingerprint density at radius 1 is 1.21 bits per heavy atom. The van der Waals surface area contributed by atoms with E-state index in [2.05, 4.69) is 53.4 Å². The quantitative estimate of drug-likeness (QED) is 0.327. The smallest absolute Gasteiger partial charge is 0.247 e. The van der Waals surface area contributed by atoms with E-state index in [4.69, 9.17) is 9.62 Å². The van der Waals surface area contributed by atoms with Gasteiger partial charge in [0.05, 0.1) is 0 Å². The molecule has 8 heteroatoms. The van der Waals surface area contributed by atoms with E-state index in [0.29, 0.717) is 41.9 Å². The average molecular weight is 464 g/mol. The molecular weight excluding hydrogens is 430 g/mol. The Balaban J connectivity index is 1.40. The molecule has 0 bridgehead atoms. The van der Waals surface area contributed by atoms with Gasteiger partial charge in [0.2, 0.25) is 11.8 Å². The molecular formula is C26H33N5O3. The van der Waals surface area contributed by atoms with Crippen LogP contribution in [0, 0.1) is 28.9 Å². The minimum Gasteiger partial charge on any atom is -0.595 e. The molecule has 4 rings (SSSR count). The van der Waals surface area contributed by atoms with Crippen molar-refractivity contribution >= 4 is 5.69 Å². The van der Waals surface area contributed by atoms with Crippen molar-refractivity contribution < 1.29 is 14.9 Å². The lowest BCUT2D eigenvalue weighted by atomic mass is 9.70. The average Bonchev–Trinajstić information content (AvgIpc) is 3.30. The summed E-state index contributed by atoms with van der Waals surface area (Å²) >= 11 is 0. The van der Waals surface area contributed by atoms with Gasteiger partial charge in [-0.3, -0.25) is 4.98 Å². The number of rotatable bonds is 9. The Bertz CT molecular complexity index is 1080. The van der Waals surface area contributed by atoms with Gasteiger partial charge in [-0.15, -0.1) is 10.2 Å². The van der Waals surface area contributed by atoms with Crippen LogP contribution in [0.3, 0.4) is 0 Å². The van der Waals surface area contributed by atoms with Gasteiger partial charge >= 0.3 is 0 Å². The van der Waals surface area contributed by atoms with Crippen molar-refractivity contribution in [3.8, 4) is 11.5 Å². The van der Waals surface area contributed by atoms with Gasteiger partial charge < -0.3 is 14.9 Å². The monoisotopic (exact) mass is 463 g/mol. The molecule has 180 valence electrons. The molecule has 0 radical (unpaired) electrons. The maximum absolute atomic E-state index is 11.1. The highest BCUT2D eigenvalue weighted by molar-refractivity contribution is 5.55. The van der Waals surface area contributed by atoms with Gasteiger partial charge in [0.1, 0.15) is 0 Å². The molecule has 0 spiro atoms. The largest absolute Gasteiger partial charge is 0.595 e. The van der Waals surface area contributed by atoms with E-state index >= 15 is 0 Å². The predicted octanol–water partition coefficient (Wildman–Crippen LogP) is 3.72.